The topological polar surface area (TPSA) is 62.8 Å². The lowest BCUT2D eigenvalue weighted by molar-refractivity contribution is 0.626. The number of hydrazone groups is 1. The molecule has 3 N–H and O–H groups in total. The highest BCUT2D eigenvalue weighted by molar-refractivity contribution is 7.99. The number of unbranched alkanes of at least 4 members (excludes halogenated alkanes) is 1. The van der Waals surface area contributed by atoms with Crippen molar-refractivity contribution in [3.8, 4) is 0 Å². The van der Waals surface area contributed by atoms with Crippen molar-refractivity contribution in [3.63, 3.8) is 0 Å². The predicted molar refractivity (Wildman–Crippen MR) is 82.8 cm³/mol. The number of hydrogen-bond donors (Lipinski definition) is 2. The highest BCUT2D eigenvalue weighted by atomic mass is 32.2. The molecule has 0 radical (unpaired) electrons. The first-order valence-corrected chi connectivity index (χ1v) is 7.74. The molecule has 1 aliphatic heterocycles. The molecule has 1 aromatic carbocycles. The van der Waals surface area contributed by atoms with E-state index in [0.717, 1.165) is 41.2 Å². The SMILES string of the molecule is CCCCN=C(N)N/N=C1/CCSc2ccc(F)cc21. The van der Waals surface area contributed by atoms with Gasteiger partial charge in [0.2, 0.25) is 5.96 Å². The third kappa shape index (κ3) is 3.96. The van der Waals surface area contributed by atoms with Gasteiger partial charge in [-0.15, -0.1) is 11.8 Å². The Bertz CT molecular complexity index is 528. The van der Waals surface area contributed by atoms with Gasteiger partial charge in [0.25, 0.3) is 0 Å². The molecule has 0 amide bonds. The summed E-state index contributed by atoms with van der Waals surface area (Å²) in [5.74, 6) is 0.997. The molecule has 0 atom stereocenters. The maximum atomic E-state index is 13.3. The highest BCUT2D eigenvalue weighted by Gasteiger charge is 2.16. The molecular formula is C14H19FN4S. The Morgan fingerprint density at radius 2 is 2.35 bits per heavy atom. The van der Waals surface area contributed by atoms with Crippen LogP contribution < -0.4 is 11.2 Å². The molecule has 0 unspecified atom stereocenters. The lowest BCUT2D eigenvalue weighted by atomic mass is 10.1. The fourth-order valence-electron chi connectivity index (χ4n) is 1.88. The first-order chi connectivity index (χ1) is 9.70. The van der Waals surface area contributed by atoms with Gasteiger partial charge in [-0.2, -0.15) is 5.10 Å². The van der Waals surface area contributed by atoms with E-state index in [1.54, 1.807) is 17.8 Å². The zero-order valence-electron chi connectivity index (χ0n) is 11.5. The standard InChI is InChI=1S/C14H19FN4S/c1-2-3-7-17-14(16)19-18-12-6-8-20-13-5-4-10(15)9-11(12)13/h4-5,9H,2-3,6-8H2,1H3,(H3,16,17,19)/b18-12-. The summed E-state index contributed by atoms with van der Waals surface area (Å²) in [4.78, 5) is 5.22. The molecule has 0 saturated heterocycles. The highest BCUT2D eigenvalue weighted by Crippen LogP contribution is 2.30. The number of fused-ring (bicyclic) bond motifs is 1. The zero-order valence-corrected chi connectivity index (χ0v) is 12.3. The number of hydrogen-bond acceptors (Lipinski definition) is 3. The third-order valence-corrected chi connectivity index (χ3v) is 4.02. The van der Waals surface area contributed by atoms with Gasteiger partial charge in [0.15, 0.2) is 0 Å². The predicted octanol–water partition coefficient (Wildman–Crippen LogP) is 2.73. The van der Waals surface area contributed by atoms with Gasteiger partial charge in [-0.3, -0.25) is 4.99 Å². The molecule has 4 nitrogen and oxygen atoms in total. The number of nitrogens with zero attached hydrogens (tertiary/aromatic N) is 2. The number of nitrogens with one attached hydrogen (secondary N) is 1. The Kier molecular flexibility index (Phi) is 5.40. The van der Waals surface area contributed by atoms with Crippen molar-refractivity contribution >= 4 is 23.4 Å². The molecule has 0 bridgehead atoms. The van der Waals surface area contributed by atoms with Crippen LogP contribution in [0.2, 0.25) is 0 Å². The molecule has 1 heterocycles. The van der Waals surface area contributed by atoms with E-state index >= 15 is 0 Å². The van der Waals surface area contributed by atoms with Crippen molar-refractivity contribution in [2.75, 3.05) is 12.3 Å². The van der Waals surface area contributed by atoms with Gasteiger partial charge in [0, 0.05) is 29.2 Å². The van der Waals surface area contributed by atoms with Crippen molar-refractivity contribution in [2.45, 2.75) is 31.1 Å². The zero-order chi connectivity index (χ0) is 14.4. The Labute approximate surface area is 122 Å². The average molecular weight is 294 g/mol. The number of nitrogens with two attached hydrogens (primary N) is 1. The summed E-state index contributed by atoms with van der Waals surface area (Å²) in [5.41, 5.74) is 10.2. The molecule has 0 fully saturated rings. The van der Waals surface area contributed by atoms with Gasteiger partial charge < -0.3 is 5.73 Å². The van der Waals surface area contributed by atoms with Gasteiger partial charge >= 0.3 is 0 Å². The van der Waals surface area contributed by atoms with Gasteiger partial charge in [0.05, 0.1) is 5.71 Å². The molecule has 20 heavy (non-hydrogen) atoms. The van der Waals surface area contributed by atoms with Crippen LogP contribution in [0.1, 0.15) is 31.7 Å². The maximum Gasteiger partial charge on any atom is 0.209 e. The Morgan fingerprint density at radius 1 is 1.50 bits per heavy atom. The summed E-state index contributed by atoms with van der Waals surface area (Å²) in [6.45, 7) is 2.80. The van der Waals surface area contributed by atoms with Crippen molar-refractivity contribution in [1.29, 1.82) is 0 Å². The van der Waals surface area contributed by atoms with E-state index in [0.29, 0.717) is 12.5 Å². The minimum absolute atomic E-state index is 0.247. The Balaban J connectivity index is 2.08. The van der Waals surface area contributed by atoms with Gasteiger partial charge in [-0.25, -0.2) is 9.82 Å². The molecule has 6 heteroatoms. The summed E-state index contributed by atoms with van der Waals surface area (Å²) in [5, 5.41) is 4.28. The molecule has 0 aromatic heterocycles. The number of benzene rings is 1. The third-order valence-electron chi connectivity index (χ3n) is 2.95. The smallest absolute Gasteiger partial charge is 0.209 e. The van der Waals surface area contributed by atoms with E-state index in [1.165, 1.54) is 12.1 Å². The van der Waals surface area contributed by atoms with E-state index < -0.39 is 0 Å². The second-order valence-electron chi connectivity index (χ2n) is 4.53. The minimum atomic E-state index is -0.247. The van der Waals surface area contributed by atoms with E-state index in [4.69, 9.17) is 5.73 Å². The number of aliphatic imine (C=N–C) groups is 1. The van der Waals surface area contributed by atoms with Crippen molar-refractivity contribution in [2.24, 2.45) is 15.8 Å². The first-order valence-electron chi connectivity index (χ1n) is 6.76. The van der Waals surface area contributed by atoms with Crippen LogP contribution in [-0.2, 0) is 0 Å². The first kappa shape index (κ1) is 14.8. The molecular weight excluding hydrogens is 275 g/mol. The van der Waals surface area contributed by atoms with Crippen molar-refractivity contribution in [3.05, 3.63) is 29.6 Å². The second-order valence-corrected chi connectivity index (χ2v) is 5.67. The summed E-state index contributed by atoms with van der Waals surface area (Å²) >= 11 is 1.72. The largest absolute Gasteiger partial charge is 0.369 e. The summed E-state index contributed by atoms with van der Waals surface area (Å²) < 4.78 is 13.3. The molecule has 2 rings (SSSR count). The van der Waals surface area contributed by atoms with Gasteiger partial charge in [-0.05, 0) is 24.6 Å². The Hall–Kier alpha value is -1.56. The van der Waals surface area contributed by atoms with Crippen LogP contribution in [0.3, 0.4) is 0 Å². The van der Waals surface area contributed by atoms with Crippen LogP contribution in [0, 0.1) is 5.82 Å². The van der Waals surface area contributed by atoms with E-state index in [9.17, 15) is 4.39 Å². The van der Waals surface area contributed by atoms with Crippen molar-refractivity contribution in [1.82, 2.24) is 5.43 Å². The van der Waals surface area contributed by atoms with Crippen molar-refractivity contribution < 1.29 is 4.39 Å². The summed E-state index contributed by atoms with van der Waals surface area (Å²) in [6, 6.07) is 4.79. The Morgan fingerprint density at radius 3 is 3.15 bits per heavy atom. The lowest BCUT2D eigenvalue weighted by Crippen LogP contribution is -2.29. The summed E-state index contributed by atoms with van der Waals surface area (Å²) in [6.07, 6.45) is 2.87. The van der Waals surface area contributed by atoms with Gasteiger partial charge in [0.1, 0.15) is 5.82 Å². The number of guanidine groups is 1. The summed E-state index contributed by atoms with van der Waals surface area (Å²) in [7, 11) is 0. The molecule has 0 spiro atoms. The number of halogens is 1. The van der Waals surface area contributed by atoms with Crippen LogP contribution in [0.25, 0.3) is 0 Å². The molecule has 108 valence electrons. The molecule has 1 aromatic rings. The minimum Gasteiger partial charge on any atom is -0.369 e. The molecule has 0 aliphatic carbocycles. The number of thioether (sulfide) groups is 1. The molecule has 0 saturated carbocycles. The van der Waals surface area contributed by atoms with E-state index in [2.05, 4.69) is 22.4 Å². The average Bonchev–Trinajstić information content (AvgIpc) is 2.45. The van der Waals surface area contributed by atoms with Crippen LogP contribution in [0.4, 0.5) is 4.39 Å². The molecule has 1 aliphatic rings. The second kappa shape index (κ2) is 7.28. The van der Waals surface area contributed by atoms with E-state index in [1.807, 2.05) is 0 Å². The quantitative estimate of drug-likeness (QED) is 0.388. The van der Waals surface area contributed by atoms with Crippen LogP contribution in [-0.4, -0.2) is 24.0 Å². The van der Waals surface area contributed by atoms with E-state index in [-0.39, 0.29) is 5.82 Å². The van der Waals surface area contributed by atoms with Crippen LogP contribution in [0.15, 0.2) is 33.2 Å². The normalized spacial score (nSPS) is 17.1. The number of rotatable bonds is 4. The fraction of sp³-hybridized carbons (Fsp3) is 0.429. The lowest BCUT2D eigenvalue weighted by Gasteiger charge is -2.17. The van der Waals surface area contributed by atoms with Gasteiger partial charge in [-0.1, -0.05) is 13.3 Å². The monoisotopic (exact) mass is 294 g/mol. The van der Waals surface area contributed by atoms with Crippen LogP contribution in [0.5, 0.6) is 0 Å². The fourth-order valence-corrected chi connectivity index (χ4v) is 2.89. The van der Waals surface area contributed by atoms with Crippen LogP contribution >= 0.6 is 11.8 Å². The maximum absolute atomic E-state index is 13.3.